The Kier molecular flexibility index (Phi) is 14.1. The van der Waals surface area contributed by atoms with E-state index in [4.69, 9.17) is 30.5 Å². The van der Waals surface area contributed by atoms with Crippen LogP contribution in [0.4, 0.5) is 0 Å². The molecular formula is C39H46BrClN2O7. The molecule has 0 saturated carbocycles. The third-order valence-corrected chi connectivity index (χ3v) is 9.74. The lowest BCUT2D eigenvalue weighted by atomic mass is 10.0. The van der Waals surface area contributed by atoms with E-state index in [1.165, 1.54) is 38.0 Å². The molecule has 4 aromatic carbocycles. The van der Waals surface area contributed by atoms with Crippen molar-refractivity contribution in [2.75, 3.05) is 28.4 Å². The molecule has 0 unspecified atom stereocenters. The van der Waals surface area contributed by atoms with Gasteiger partial charge in [-0.3, -0.25) is 9.69 Å². The zero-order valence-corrected chi connectivity index (χ0v) is 31.7. The maximum absolute atomic E-state index is 12.8. The fraction of sp³-hybridized carbons (Fsp3) is 0.359. The second-order valence-electron chi connectivity index (χ2n) is 12.3. The second-order valence-corrected chi connectivity index (χ2v) is 13.6. The maximum atomic E-state index is 12.8. The molecule has 1 aliphatic rings. The number of hydrogen-bond acceptors (Lipinski definition) is 8. The number of carbonyl (C=O) groups is 1. The summed E-state index contributed by atoms with van der Waals surface area (Å²) in [5, 5.41) is 23.1. The Balaban J connectivity index is 0.000000227. The Bertz CT molecular complexity index is 1770. The first-order valence-corrected chi connectivity index (χ1v) is 17.6. The van der Waals surface area contributed by atoms with Gasteiger partial charge in [-0.15, -0.1) is 0 Å². The summed E-state index contributed by atoms with van der Waals surface area (Å²) < 4.78 is 21.6. The van der Waals surface area contributed by atoms with Gasteiger partial charge >= 0.3 is 0 Å². The van der Waals surface area contributed by atoms with Crippen molar-refractivity contribution in [2.45, 2.75) is 64.7 Å². The summed E-state index contributed by atoms with van der Waals surface area (Å²) in [4.78, 5) is 15.2. The number of carbonyl (C=O) groups excluding carboxylic acids is 1. The van der Waals surface area contributed by atoms with Crippen LogP contribution in [0.2, 0.25) is 5.02 Å². The van der Waals surface area contributed by atoms with Crippen molar-refractivity contribution in [3.63, 3.8) is 0 Å². The van der Waals surface area contributed by atoms with Crippen LogP contribution in [0.15, 0.2) is 71.2 Å². The molecular weight excluding hydrogens is 724 g/mol. The van der Waals surface area contributed by atoms with E-state index in [9.17, 15) is 15.0 Å². The average Bonchev–Trinajstić information content (AvgIpc) is 3.54. The molecule has 0 bridgehead atoms. The summed E-state index contributed by atoms with van der Waals surface area (Å²) >= 11 is 9.49. The van der Waals surface area contributed by atoms with Crippen molar-refractivity contribution in [3.8, 4) is 34.5 Å². The Morgan fingerprint density at radius 2 is 1.36 bits per heavy atom. The monoisotopic (exact) mass is 768 g/mol. The number of nitrogens with zero attached hydrogens (tertiary/aromatic N) is 1. The van der Waals surface area contributed by atoms with Gasteiger partial charge in [0.05, 0.1) is 34.0 Å². The van der Waals surface area contributed by atoms with Gasteiger partial charge < -0.3 is 34.5 Å². The molecule has 0 radical (unpaired) electrons. The molecule has 9 nitrogen and oxygen atoms in total. The summed E-state index contributed by atoms with van der Waals surface area (Å²) in [6, 6.07) is 20.9. The van der Waals surface area contributed by atoms with Crippen LogP contribution < -0.4 is 24.3 Å². The lowest BCUT2D eigenvalue weighted by Crippen LogP contribution is -2.33. The molecule has 11 heteroatoms. The number of phenolic OH excluding ortho intramolecular Hbond substituents is 2. The minimum absolute atomic E-state index is 0.0693. The molecule has 5 rings (SSSR count). The maximum Gasteiger partial charge on any atom is 0.256 e. The van der Waals surface area contributed by atoms with Gasteiger partial charge in [0.15, 0.2) is 34.5 Å². The molecule has 0 aromatic heterocycles. The molecule has 1 amide bonds. The van der Waals surface area contributed by atoms with Crippen LogP contribution in [0.3, 0.4) is 0 Å². The molecule has 2 atom stereocenters. The fourth-order valence-electron chi connectivity index (χ4n) is 5.88. The zero-order chi connectivity index (χ0) is 36.4. The molecule has 1 aliphatic heterocycles. The normalized spacial score (nSPS) is 13.4. The van der Waals surface area contributed by atoms with Gasteiger partial charge in [-0.2, -0.15) is 0 Å². The van der Waals surface area contributed by atoms with Crippen LogP contribution in [-0.2, 0) is 25.9 Å². The number of benzene rings is 4. The summed E-state index contributed by atoms with van der Waals surface area (Å²) in [7, 11) is 6.12. The van der Waals surface area contributed by atoms with Crippen LogP contribution in [-0.4, -0.2) is 61.5 Å². The van der Waals surface area contributed by atoms with Gasteiger partial charge in [0.2, 0.25) is 0 Å². The van der Waals surface area contributed by atoms with E-state index in [0.29, 0.717) is 39.1 Å². The lowest BCUT2D eigenvalue weighted by Gasteiger charge is -2.23. The van der Waals surface area contributed by atoms with Gasteiger partial charge in [-0.1, -0.05) is 29.8 Å². The highest BCUT2D eigenvalue weighted by Gasteiger charge is 2.24. The van der Waals surface area contributed by atoms with E-state index < -0.39 is 0 Å². The number of methoxy groups -OCH3 is 4. The van der Waals surface area contributed by atoms with Gasteiger partial charge in [0, 0.05) is 34.7 Å². The number of rotatable bonds is 13. The summed E-state index contributed by atoms with van der Waals surface area (Å²) in [5.41, 5.74) is 5.33. The molecule has 50 heavy (non-hydrogen) atoms. The quantitative estimate of drug-likeness (QED) is 0.125. The van der Waals surface area contributed by atoms with Crippen LogP contribution >= 0.6 is 27.5 Å². The second kappa shape index (κ2) is 18.2. The molecule has 268 valence electrons. The number of fused-ring (bicyclic) bond motifs is 1. The van der Waals surface area contributed by atoms with E-state index in [1.54, 1.807) is 37.4 Å². The minimum Gasteiger partial charge on any atom is -0.504 e. The highest BCUT2D eigenvalue weighted by atomic mass is 79.9. The number of ether oxygens (including phenoxy) is 4. The largest absolute Gasteiger partial charge is 0.504 e. The Hall–Kier alpha value is -4.12. The smallest absolute Gasteiger partial charge is 0.256 e. The summed E-state index contributed by atoms with van der Waals surface area (Å²) in [5.74, 6) is 1.92. The van der Waals surface area contributed by atoms with Crippen LogP contribution in [0.5, 0.6) is 34.5 Å². The van der Waals surface area contributed by atoms with E-state index in [1.807, 2.05) is 31.2 Å². The Labute approximate surface area is 308 Å². The molecule has 3 N–H and O–H groups in total. The standard InChI is InChI=1S/C20H24BrNO5.C19H22ClNO2/c1-12(5-6-13-7-9-15(23)17(11-13)26-3)22-20(24)18-14(21)8-10-16(25-2)19(18)27-4;1-13(3-4-14-5-8-18(22)19(9-14)23-2)21-11-15-6-7-17(20)10-16(15)12-21/h7-12,23H,5-6H2,1-4H3,(H,22,24);5-10,13,22H,3-4,11-12H2,1-2H3/t12-;13-/m11/s1. The van der Waals surface area contributed by atoms with Crippen molar-refractivity contribution in [1.29, 1.82) is 0 Å². The van der Waals surface area contributed by atoms with Crippen LogP contribution in [0, 0.1) is 0 Å². The van der Waals surface area contributed by atoms with E-state index in [0.717, 1.165) is 49.4 Å². The first-order chi connectivity index (χ1) is 24.0. The predicted octanol–water partition coefficient (Wildman–Crippen LogP) is 8.32. The number of phenols is 2. The first-order valence-electron chi connectivity index (χ1n) is 16.4. The number of aromatic hydroxyl groups is 2. The van der Waals surface area contributed by atoms with Crippen LogP contribution in [0.25, 0.3) is 0 Å². The van der Waals surface area contributed by atoms with Crippen molar-refractivity contribution in [1.82, 2.24) is 10.2 Å². The van der Waals surface area contributed by atoms with Gasteiger partial charge in [0.25, 0.3) is 5.91 Å². The van der Waals surface area contributed by atoms with Crippen molar-refractivity contribution in [3.05, 3.63) is 104 Å². The van der Waals surface area contributed by atoms with Crippen LogP contribution in [0.1, 0.15) is 59.3 Å². The number of halogens is 2. The molecule has 0 aliphatic carbocycles. The topological polar surface area (TPSA) is 110 Å². The molecule has 0 fully saturated rings. The SMILES string of the molecule is COc1cc(CC[C@@H](C)N2Cc3ccc(Cl)cc3C2)ccc1O.COc1cc(CC[C@@H](C)NC(=O)c2c(Br)ccc(OC)c2OC)ccc1O. The fourth-order valence-corrected chi connectivity index (χ4v) is 6.57. The number of nitrogens with one attached hydrogen (secondary N) is 1. The third-order valence-electron chi connectivity index (χ3n) is 8.84. The van der Waals surface area contributed by atoms with E-state index >= 15 is 0 Å². The summed E-state index contributed by atoms with van der Waals surface area (Å²) in [6.45, 7) is 6.17. The molecule has 4 aromatic rings. The number of hydrogen-bond donors (Lipinski definition) is 3. The predicted molar refractivity (Wildman–Crippen MR) is 200 cm³/mol. The van der Waals surface area contributed by atoms with Gasteiger partial charge in [-0.25, -0.2) is 0 Å². The molecule has 1 heterocycles. The average molecular weight is 770 g/mol. The zero-order valence-electron chi connectivity index (χ0n) is 29.4. The number of amides is 1. The highest BCUT2D eigenvalue weighted by Crippen LogP contribution is 2.36. The van der Waals surface area contributed by atoms with Gasteiger partial charge in [0.1, 0.15) is 0 Å². The summed E-state index contributed by atoms with van der Waals surface area (Å²) in [6.07, 6.45) is 3.49. The van der Waals surface area contributed by atoms with Gasteiger partial charge in [-0.05, 0) is 126 Å². The minimum atomic E-state index is -0.242. The number of aryl methyl sites for hydroxylation is 2. The van der Waals surface area contributed by atoms with E-state index in [2.05, 4.69) is 45.2 Å². The van der Waals surface area contributed by atoms with Crippen molar-refractivity contribution < 1.29 is 34.0 Å². The molecule has 0 spiro atoms. The lowest BCUT2D eigenvalue weighted by molar-refractivity contribution is 0.0934. The Morgan fingerprint density at radius 1 is 0.780 bits per heavy atom. The molecule has 0 saturated heterocycles. The van der Waals surface area contributed by atoms with Crippen molar-refractivity contribution in [2.24, 2.45) is 0 Å². The Morgan fingerprint density at radius 3 is 1.94 bits per heavy atom. The highest BCUT2D eigenvalue weighted by molar-refractivity contribution is 9.10. The third kappa shape index (κ3) is 9.99. The van der Waals surface area contributed by atoms with E-state index in [-0.39, 0.29) is 23.4 Å². The van der Waals surface area contributed by atoms with Crippen molar-refractivity contribution >= 4 is 33.4 Å². The first kappa shape index (κ1) is 38.7.